The topological polar surface area (TPSA) is 121 Å². The van der Waals surface area contributed by atoms with Crippen LogP contribution in [0.1, 0.15) is 0 Å². The molecule has 0 saturated carbocycles. The first kappa shape index (κ1) is 24.4. The number of aliphatic hydroxyl groups excluding tert-OH is 2. The maximum atomic E-state index is 9.63. The van der Waals surface area contributed by atoms with Gasteiger partial charge in [0.1, 0.15) is 12.2 Å². The van der Waals surface area contributed by atoms with E-state index >= 15 is 0 Å². The molecular weight excluding hydrogens is 427 g/mol. The van der Waals surface area contributed by atoms with E-state index in [0.717, 1.165) is 0 Å². The molecule has 2 atom stereocenters. The molecule has 6 nitrogen and oxygen atoms in total. The third-order valence-electron chi connectivity index (χ3n) is 0.782. The van der Waals surface area contributed by atoms with Crippen molar-refractivity contribution in [1.82, 2.24) is 0 Å². The number of carboxylic acid groups (broad SMARTS) is 2. The van der Waals surface area contributed by atoms with Crippen LogP contribution in [0.4, 0.5) is 0 Å². The Bertz CT molecular complexity index is 147. The second kappa shape index (κ2) is 12.2. The van der Waals surface area contributed by atoms with Crippen LogP contribution in [0.15, 0.2) is 0 Å². The van der Waals surface area contributed by atoms with Crippen molar-refractivity contribution in [2.45, 2.75) is 12.2 Å². The average Bonchev–Trinajstić information content (AvgIpc) is 1.84. The van der Waals surface area contributed by atoms with Crippen molar-refractivity contribution in [3.63, 3.8) is 0 Å². The Morgan fingerprint density at radius 1 is 0.923 bits per heavy atom. The Kier molecular flexibility index (Phi) is 22.9. The van der Waals surface area contributed by atoms with Gasteiger partial charge in [-0.05, 0) is 0 Å². The molecule has 0 aliphatic rings. The fourth-order valence-electron chi connectivity index (χ4n) is 0.258. The number of carbonyl (C=O) groups excluding carboxylic acids is 2. The second-order valence-corrected chi connectivity index (χ2v) is 1.53. The van der Waals surface area contributed by atoms with Crippen LogP contribution in [-0.2, 0) is 9.59 Å². The summed E-state index contributed by atoms with van der Waals surface area (Å²) in [5.41, 5.74) is 0. The molecule has 0 bridgehead atoms. The van der Waals surface area contributed by atoms with Gasteiger partial charge >= 0.3 is 100 Å². The van der Waals surface area contributed by atoms with Crippen LogP contribution in [0.25, 0.3) is 0 Å². The summed E-state index contributed by atoms with van der Waals surface area (Å²) in [4.78, 5) is 19.3. The molecule has 0 heterocycles. The maximum absolute atomic E-state index is 9.63. The van der Waals surface area contributed by atoms with E-state index in [1.165, 1.54) is 0 Å². The number of carboxylic acids is 2. The summed E-state index contributed by atoms with van der Waals surface area (Å²) in [6.07, 6.45) is -4.88. The van der Waals surface area contributed by atoms with Gasteiger partial charge < -0.3 is 30.0 Å². The molecule has 0 aromatic carbocycles. The van der Waals surface area contributed by atoms with Crippen molar-refractivity contribution < 1.29 is 81.4 Å². The predicted octanol–water partition coefficient (Wildman–Crippen LogP) is -8.55. The normalized spacial score (nSPS) is 12.2. The first-order valence-corrected chi connectivity index (χ1v) is 2.24. The minimum absolute atomic E-state index is 0. The summed E-state index contributed by atoms with van der Waals surface area (Å²) in [6, 6.07) is 0. The molecule has 13 heavy (non-hydrogen) atoms. The van der Waals surface area contributed by atoms with Gasteiger partial charge in [0.05, 0.1) is 11.9 Å². The number of hydrogen-bond acceptors (Lipinski definition) is 6. The molecule has 0 aromatic heterocycles. The molecule has 0 spiro atoms. The monoisotopic (exact) mass is 429 g/mol. The minimum Gasteiger partial charge on any atom is -0.547 e. The van der Waals surface area contributed by atoms with Gasteiger partial charge in [0.15, 0.2) is 0 Å². The molecule has 0 rings (SSSR count). The van der Waals surface area contributed by atoms with Crippen molar-refractivity contribution in [3.8, 4) is 0 Å². The van der Waals surface area contributed by atoms with Crippen LogP contribution >= 0.6 is 0 Å². The summed E-state index contributed by atoms with van der Waals surface area (Å²) >= 11 is 0. The van der Waals surface area contributed by atoms with E-state index in [1.807, 2.05) is 0 Å². The van der Waals surface area contributed by atoms with E-state index in [2.05, 4.69) is 0 Å². The quantitative estimate of drug-likeness (QED) is 0.429. The van der Waals surface area contributed by atoms with E-state index in [-0.39, 0.29) is 100 Å². The van der Waals surface area contributed by atoms with E-state index in [0.29, 0.717) is 0 Å². The predicted molar refractivity (Wildman–Crippen MR) is 33.5 cm³/mol. The molecule has 4 radical (unpaired) electrons. The molecule has 0 aromatic rings. The number of aliphatic hydroxyl groups is 2. The van der Waals surface area contributed by atoms with E-state index < -0.39 is 24.1 Å². The number of aliphatic carboxylic acids is 2. The number of rotatable bonds is 3. The van der Waals surface area contributed by atoms with Gasteiger partial charge in [-0.25, -0.2) is 0 Å². The minimum atomic E-state index is -2.44. The van der Waals surface area contributed by atoms with Crippen LogP contribution in [0.2, 0.25) is 0 Å². The largest absolute Gasteiger partial charge is 3.00 e. The molecule has 9 heteroatoms. The molecule has 62 valence electrons. The first-order valence-electron chi connectivity index (χ1n) is 2.24. The maximum Gasteiger partial charge on any atom is 3.00 e. The zero-order valence-electron chi connectivity index (χ0n) is 6.58. The summed E-state index contributed by atoms with van der Waals surface area (Å²) in [5, 5.41) is 35.7. The Labute approximate surface area is 151 Å². The first-order chi connectivity index (χ1) is 4.46. The Balaban J connectivity index is -0.000000135. The molecule has 0 aliphatic carbocycles. The smallest absolute Gasteiger partial charge is 0.547 e. The SMILES string of the molecule is O=C([O-])C(O)C(O)C(=O)[O-].[K+].[Sb+3].[Sb+3]. The zero-order valence-corrected chi connectivity index (χ0v) is 14.8. The van der Waals surface area contributed by atoms with Crippen molar-refractivity contribution in [1.29, 1.82) is 0 Å². The molecular formula is C4H4KO6Sb2+5. The standard InChI is InChI=1S/C4H6O6.K.2Sb/c5-1(3(7)8)2(6)4(9)10;;;/h1-2,5-6H,(H,7,8)(H,9,10);;;/q;+1;2*+3/p-2. The van der Waals surface area contributed by atoms with Crippen molar-refractivity contribution >= 4 is 60.8 Å². The van der Waals surface area contributed by atoms with Crippen LogP contribution in [-0.4, -0.2) is 83.2 Å². The van der Waals surface area contributed by atoms with Crippen molar-refractivity contribution in [3.05, 3.63) is 0 Å². The molecule has 2 N–H and O–H groups in total. The summed E-state index contributed by atoms with van der Waals surface area (Å²) in [6.45, 7) is 0. The number of carbonyl (C=O) groups is 2. The Morgan fingerprint density at radius 2 is 1.08 bits per heavy atom. The van der Waals surface area contributed by atoms with Gasteiger partial charge in [-0.3, -0.25) is 0 Å². The van der Waals surface area contributed by atoms with Crippen LogP contribution < -0.4 is 61.6 Å². The second-order valence-electron chi connectivity index (χ2n) is 1.53. The van der Waals surface area contributed by atoms with Gasteiger partial charge in [0.25, 0.3) is 0 Å². The van der Waals surface area contributed by atoms with E-state index in [9.17, 15) is 19.8 Å². The molecule has 0 amide bonds. The third-order valence-corrected chi connectivity index (χ3v) is 0.782. The Hall–Kier alpha value is 2.13. The van der Waals surface area contributed by atoms with Gasteiger partial charge in [-0.2, -0.15) is 0 Å². The Morgan fingerprint density at radius 3 is 1.15 bits per heavy atom. The van der Waals surface area contributed by atoms with E-state index in [1.54, 1.807) is 0 Å². The number of hydrogen-bond donors (Lipinski definition) is 2. The molecule has 0 saturated heterocycles. The molecule has 2 unspecified atom stereocenters. The average molecular weight is 431 g/mol. The summed E-state index contributed by atoms with van der Waals surface area (Å²) in [7, 11) is 0. The van der Waals surface area contributed by atoms with E-state index in [4.69, 9.17) is 10.2 Å². The summed E-state index contributed by atoms with van der Waals surface area (Å²) < 4.78 is 0. The third kappa shape index (κ3) is 10.4. The van der Waals surface area contributed by atoms with Crippen LogP contribution in [0, 0.1) is 0 Å². The molecule has 0 aliphatic heterocycles. The van der Waals surface area contributed by atoms with Crippen molar-refractivity contribution in [2.24, 2.45) is 0 Å². The van der Waals surface area contributed by atoms with Gasteiger partial charge in [0.2, 0.25) is 0 Å². The van der Waals surface area contributed by atoms with Crippen molar-refractivity contribution in [2.75, 3.05) is 0 Å². The fourth-order valence-corrected chi connectivity index (χ4v) is 0.258. The van der Waals surface area contributed by atoms with Gasteiger partial charge in [-0.15, -0.1) is 0 Å². The van der Waals surface area contributed by atoms with Crippen LogP contribution in [0.5, 0.6) is 0 Å². The molecule has 0 fully saturated rings. The van der Waals surface area contributed by atoms with Crippen LogP contribution in [0.3, 0.4) is 0 Å². The van der Waals surface area contributed by atoms with Gasteiger partial charge in [-0.1, -0.05) is 0 Å². The zero-order chi connectivity index (χ0) is 8.31. The fraction of sp³-hybridized carbons (Fsp3) is 0.500. The van der Waals surface area contributed by atoms with Gasteiger partial charge in [0, 0.05) is 0 Å². The summed E-state index contributed by atoms with van der Waals surface area (Å²) in [5.74, 6) is -4.12.